The second-order valence-electron chi connectivity index (χ2n) is 5.99. The highest BCUT2D eigenvalue weighted by Crippen LogP contribution is 2.28. The number of hydrogen-bond donors (Lipinski definition) is 1. The number of nitrogens with zero attached hydrogens (tertiary/aromatic N) is 2. The van der Waals surface area contributed by atoms with Crippen LogP contribution in [0.5, 0.6) is 0 Å². The van der Waals surface area contributed by atoms with Crippen molar-refractivity contribution in [2.45, 2.75) is 56.0 Å². The van der Waals surface area contributed by atoms with Crippen LogP contribution in [-0.4, -0.2) is 27.4 Å². The minimum Gasteiger partial charge on any atom is -0.459 e. The number of nitrogens with one attached hydrogen (secondary N) is 1. The molecule has 2 heterocycles. The number of thioether (sulfide) groups is 1. The quantitative estimate of drug-likeness (QED) is 0.842. The van der Waals surface area contributed by atoms with Crippen molar-refractivity contribution < 1.29 is 13.6 Å². The average molecular weight is 335 g/mol. The van der Waals surface area contributed by atoms with Crippen LogP contribution >= 0.6 is 11.8 Å². The molecule has 23 heavy (non-hydrogen) atoms. The largest absolute Gasteiger partial charge is 0.459 e. The molecule has 2 aromatic rings. The first kappa shape index (κ1) is 16.1. The van der Waals surface area contributed by atoms with Crippen molar-refractivity contribution in [3.05, 3.63) is 18.4 Å². The van der Waals surface area contributed by atoms with Crippen molar-refractivity contribution in [2.24, 2.45) is 5.92 Å². The van der Waals surface area contributed by atoms with Crippen LogP contribution in [0.2, 0.25) is 0 Å². The molecule has 0 radical (unpaired) electrons. The van der Waals surface area contributed by atoms with E-state index in [4.69, 9.17) is 8.83 Å². The van der Waals surface area contributed by atoms with Crippen molar-refractivity contribution in [1.82, 2.24) is 15.5 Å². The molecular formula is C16H21N3O3S. The number of carbonyl (C=O) groups excluding carboxylic acids is 1. The fourth-order valence-electron chi connectivity index (χ4n) is 2.79. The predicted molar refractivity (Wildman–Crippen MR) is 86.9 cm³/mol. The Hall–Kier alpha value is -1.76. The lowest BCUT2D eigenvalue weighted by Gasteiger charge is -2.30. The first-order valence-electron chi connectivity index (χ1n) is 7.98. The smallest absolute Gasteiger partial charge is 0.284 e. The maximum atomic E-state index is 12.4. The van der Waals surface area contributed by atoms with Crippen LogP contribution in [0.25, 0.3) is 11.7 Å². The summed E-state index contributed by atoms with van der Waals surface area (Å²) < 4.78 is 10.7. The van der Waals surface area contributed by atoms with Gasteiger partial charge in [0.05, 0.1) is 11.5 Å². The Morgan fingerprint density at radius 2 is 2.22 bits per heavy atom. The van der Waals surface area contributed by atoms with Gasteiger partial charge in [0.1, 0.15) is 0 Å². The molecule has 0 spiro atoms. The van der Waals surface area contributed by atoms with Gasteiger partial charge in [0.25, 0.3) is 11.1 Å². The Labute approximate surface area is 139 Å². The zero-order valence-electron chi connectivity index (χ0n) is 13.3. The number of furan rings is 1. The number of carbonyl (C=O) groups is 1. The van der Waals surface area contributed by atoms with Gasteiger partial charge in [-0.05, 0) is 37.8 Å². The zero-order valence-corrected chi connectivity index (χ0v) is 14.1. The topological polar surface area (TPSA) is 81.2 Å². The number of hydrogen-bond acceptors (Lipinski definition) is 6. The van der Waals surface area contributed by atoms with E-state index in [0.717, 1.165) is 6.42 Å². The van der Waals surface area contributed by atoms with Crippen molar-refractivity contribution in [1.29, 1.82) is 0 Å². The molecule has 0 bridgehead atoms. The average Bonchev–Trinajstić information content (AvgIpc) is 3.20. The van der Waals surface area contributed by atoms with Gasteiger partial charge in [0.15, 0.2) is 5.76 Å². The van der Waals surface area contributed by atoms with Gasteiger partial charge < -0.3 is 14.2 Å². The Balaban J connectivity index is 1.56. The zero-order chi connectivity index (χ0) is 16.2. The molecule has 2 aromatic heterocycles. The molecule has 1 aliphatic carbocycles. The molecule has 0 saturated heterocycles. The minimum absolute atomic E-state index is 0.0199. The van der Waals surface area contributed by atoms with E-state index in [9.17, 15) is 4.79 Å². The summed E-state index contributed by atoms with van der Waals surface area (Å²) in [6.45, 7) is 4.06. The van der Waals surface area contributed by atoms with E-state index in [-0.39, 0.29) is 17.2 Å². The van der Waals surface area contributed by atoms with E-state index in [1.165, 1.54) is 31.0 Å². The van der Waals surface area contributed by atoms with E-state index < -0.39 is 0 Å². The third-order valence-corrected chi connectivity index (χ3v) is 5.16. The van der Waals surface area contributed by atoms with Crippen molar-refractivity contribution in [3.63, 3.8) is 0 Å². The van der Waals surface area contributed by atoms with Gasteiger partial charge in [-0.3, -0.25) is 4.79 Å². The van der Waals surface area contributed by atoms with Gasteiger partial charge >= 0.3 is 0 Å². The van der Waals surface area contributed by atoms with Gasteiger partial charge in [0.2, 0.25) is 5.91 Å². The van der Waals surface area contributed by atoms with E-state index >= 15 is 0 Å². The van der Waals surface area contributed by atoms with Crippen LogP contribution in [-0.2, 0) is 4.79 Å². The van der Waals surface area contributed by atoms with Crippen molar-refractivity contribution in [2.75, 3.05) is 0 Å². The molecule has 7 heteroatoms. The summed E-state index contributed by atoms with van der Waals surface area (Å²) in [7, 11) is 0. The Morgan fingerprint density at radius 1 is 1.39 bits per heavy atom. The molecule has 3 atom stereocenters. The highest BCUT2D eigenvalue weighted by atomic mass is 32.2. The fraction of sp³-hybridized carbons (Fsp3) is 0.562. The van der Waals surface area contributed by atoms with Crippen LogP contribution in [0.15, 0.2) is 32.5 Å². The number of rotatable bonds is 5. The number of amides is 1. The van der Waals surface area contributed by atoms with E-state index in [2.05, 4.69) is 22.4 Å². The van der Waals surface area contributed by atoms with Gasteiger partial charge in [-0.1, -0.05) is 31.5 Å². The Kier molecular flexibility index (Phi) is 5.05. The van der Waals surface area contributed by atoms with Gasteiger partial charge in [-0.25, -0.2) is 0 Å². The summed E-state index contributed by atoms with van der Waals surface area (Å²) in [5, 5.41) is 11.1. The molecule has 0 unspecified atom stereocenters. The molecule has 1 aliphatic rings. The van der Waals surface area contributed by atoms with Crippen LogP contribution in [0, 0.1) is 5.92 Å². The lowest BCUT2D eigenvalue weighted by molar-refractivity contribution is -0.121. The molecule has 124 valence electrons. The van der Waals surface area contributed by atoms with E-state index in [0.29, 0.717) is 22.8 Å². The van der Waals surface area contributed by atoms with Crippen molar-refractivity contribution in [3.8, 4) is 11.7 Å². The lowest BCUT2D eigenvalue weighted by atomic mass is 9.86. The first-order chi connectivity index (χ1) is 11.1. The van der Waals surface area contributed by atoms with Gasteiger partial charge in [0, 0.05) is 6.04 Å². The third kappa shape index (κ3) is 3.96. The summed E-state index contributed by atoms with van der Waals surface area (Å²) in [5.74, 6) is 1.41. The minimum atomic E-state index is -0.283. The van der Waals surface area contributed by atoms with Crippen LogP contribution in [0.1, 0.15) is 39.5 Å². The second-order valence-corrected chi connectivity index (χ2v) is 7.28. The molecule has 0 aromatic carbocycles. The highest BCUT2D eigenvalue weighted by molar-refractivity contribution is 8.00. The third-order valence-electron chi connectivity index (χ3n) is 4.22. The Morgan fingerprint density at radius 3 is 2.96 bits per heavy atom. The summed E-state index contributed by atoms with van der Waals surface area (Å²) >= 11 is 1.27. The molecule has 1 N–H and O–H groups in total. The summed E-state index contributed by atoms with van der Waals surface area (Å²) in [6, 6.07) is 3.79. The second kappa shape index (κ2) is 7.21. The van der Waals surface area contributed by atoms with Gasteiger partial charge in [-0.15, -0.1) is 10.2 Å². The molecule has 1 fully saturated rings. The molecule has 1 amide bonds. The highest BCUT2D eigenvalue weighted by Gasteiger charge is 2.26. The van der Waals surface area contributed by atoms with Crippen LogP contribution in [0.3, 0.4) is 0 Å². The monoisotopic (exact) mass is 335 g/mol. The number of aromatic nitrogens is 2. The summed E-state index contributed by atoms with van der Waals surface area (Å²) in [5.41, 5.74) is 0. The van der Waals surface area contributed by atoms with Gasteiger partial charge in [-0.2, -0.15) is 0 Å². The molecule has 1 saturated carbocycles. The summed E-state index contributed by atoms with van der Waals surface area (Å²) in [6.07, 6.45) is 6.24. The SMILES string of the molecule is C[C@@H]1CCCC[C@@H]1NC(=O)[C@@H](C)Sc1nnc(-c2ccco2)o1. The molecule has 0 aliphatic heterocycles. The maximum absolute atomic E-state index is 12.4. The first-order valence-corrected chi connectivity index (χ1v) is 8.86. The van der Waals surface area contributed by atoms with E-state index in [1.54, 1.807) is 18.4 Å². The standard InChI is InChI=1S/C16H21N3O3S/c1-10-6-3-4-7-12(10)17-14(20)11(2)23-16-19-18-15(22-16)13-8-5-9-21-13/h5,8-12H,3-4,6-7H2,1-2H3,(H,17,20)/t10-,11-,12+/m1/s1. The maximum Gasteiger partial charge on any atom is 0.284 e. The normalized spacial score (nSPS) is 22.7. The van der Waals surface area contributed by atoms with Crippen LogP contribution < -0.4 is 5.32 Å². The molecule has 3 rings (SSSR count). The lowest BCUT2D eigenvalue weighted by Crippen LogP contribution is -2.44. The van der Waals surface area contributed by atoms with Crippen molar-refractivity contribution >= 4 is 17.7 Å². The Bertz CT molecular complexity index is 641. The summed E-state index contributed by atoms with van der Waals surface area (Å²) in [4.78, 5) is 12.4. The molecule has 6 nitrogen and oxygen atoms in total. The fourth-order valence-corrected chi connectivity index (χ4v) is 3.49. The molecular weight excluding hydrogens is 314 g/mol. The van der Waals surface area contributed by atoms with Crippen LogP contribution in [0.4, 0.5) is 0 Å². The predicted octanol–water partition coefficient (Wildman–Crippen LogP) is 3.51. The van der Waals surface area contributed by atoms with E-state index in [1.807, 2.05) is 6.92 Å².